The molecule has 1 N–H and O–H groups in total. The van der Waals surface area contributed by atoms with Gasteiger partial charge in [0.1, 0.15) is 5.82 Å². The molecule has 0 amide bonds. The summed E-state index contributed by atoms with van der Waals surface area (Å²) in [4.78, 5) is 2.08. The van der Waals surface area contributed by atoms with Gasteiger partial charge >= 0.3 is 0 Å². The van der Waals surface area contributed by atoms with Crippen LogP contribution in [-0.2, 0) is 13.1 Å². The van der Waals surface area contributed by atoms with E-state index in [4.69, 9.17) is 0 Å². The zero-order valence-corrected chi connectivity index (χ0v) is 13.2. The lowest BCUT2D eigenvalue weighted by atomic mass is 10.2. The number of nitrogens with one attached hydrogen (secondary N) is 1. The van der Waals surface area contributed by atoms with Crippen LogP contribution in [0.2, 0.25) is 0 Å². The molecule has 0 radical (unpaired) electrons. The average molecular weight is 337 g/mol. The summed E-state index contributed by atoms with van der Waals surface area (Å²) >= 11 is 3.20. The second-order valence-electron chi connectivity index (χ2n) is 4.91. The molecule has 20 heavy (non-hydrogen) atoms. The molecule has 2 aromatic carbocycles. The summed E-state index contributed by atoms with van der Waals surface area (Å²) < 4.78 is 13.6. The number of hydrogen-bond donors (Lipinski definition) is 1. The average Bonchev–Trinajstić information content (AvgIpc) is 2.43. The van der Waals surface area contributed by atoms with Crippen molar-refractivity contribution in [2.45, 2.75) is 13.1 Å². The van der Waals surface area contributed by atoms with Gasteiger partial charge in [-0.2, -0.15) is 0 Å². The molecule has 0 aromatic heterocycles. The van der Waals surface area contributed by atoms with Crippen LogP contribution in [-0.4, -0.2) is 14.1 Å². The van der Waals surface area contributed by atoms with Crippen molar-refractivity contribution in [2.24, 2.45) is 0 Å². The van der Waals surface area contributed by atoms with Crippen molar-refractivity contribution in [2.75, 3.05) is 19.0 Å². The van der Waals surface area contributed by atoms with E-state index in [1.165, 1.54) is 17.3 Å². The van der Waals surface area contributed by atoms with Crippen molar-refractivity contribution in [3.8, 4) is 0 Å². The Balaban J connectivity index is 1.87. The van der Waals surface area contributed by atoms with Gasteiger partial charge in [-0.1, -0.05) is 18.2 Å². The van der Waals surface area contributed by atoms with Crippen molar-refractivity contribution in [3.63, 3.8) is 0 Å². The van der Waals surface area contributed by atoms with Gasteiger partial charge in [-0.15, -0.1) is 0 Å². The maximum atomic E-state index is 13.1. The first kappa shape index (κ1) is 15.0. The fourth-order valence-corrected chi connectivity index (χ4v) is 2.34. The number of halogens is 2. The summed E-state index contributed by atoms with van der Waals surface area (Å²) in [5.41, 5.74) is 3.48. The van der Waals surface area contributed by atoms with Gasteiger partial charge in [0.2, 0.25) is 0 Å². The van der Waals surface area contributed by atoms with Gasteiger partial charge in [-0.25, -0.2) is 4.39 Å². The third kappa shape index (κ3) is 4.05. The Morgan fingerprint density at radius 2 is 1.60 bits per heavy atom. The van der Waals surface area contributed by atoms with Crippen molar-refractivity contribution in [1.29, 1.82) is 0 Å². The summed E-state index contributed by atoms with van der Waals surface area (Å²) in [6.07, 6.45) is 0. The van der Waals surface area contributed by atoms with Crippen molar-refractivity contribution < 1.29 is 4.39 Å². The van der Waals surface area contributed by atoms with E-state index in [0.29, 0.717) is 11.0 Å². The molecule has 0 bridgehead atoms. The van der Waals surface area contributed by atoms with Gasteiger partial charge in [0.05, 0.1) is 4.47 Å². The van der Waals surface area contributed by atoms with E-state index < -0.39 is 0 Å². The third-order valence-electron chi connectivity index (χ3n) is 3.09. The molecule has 0 heterocycles. The second-order valence-corrected chi connectivity index (χ2v) is 5.77. The zero-order chi connectivity index (χ0) is 14.5. The van der Waals surface area contributed by atoms with Crippen LogP contribution in [0.25, 0.3) is 0 Å². The number of benzene rings is 2. The summed E-state index contributed by atoms with van der Waals surface area (Å²) in [7, 11) is 4.05. The lowest BCUT2D eigenvalue weighted by Crippen LogP contribution is -2.13. The molecule has 0 spiro atoms. The first-order valence-corrected chi connectivity index (χ1v) is 7.26. The Hall–Kier alpha value is -1.39. The Labute approximate surface area is 127 Å². The van der Waals surface area contributed by atoms with Crippen LogP contribution in [0.5, 0.6) is 0 Å². The molecular weight excluding hydrogens is 319 g/mol. The number of nitrogens with zero attached hydrogens (tertiary/aromatic N) is 1. The highest BCUT2D eigenvalue weighted by atomic mass is 79.9. The van der Waals surface area contributed by atoms with Gasteiger partial charge < -0.3 is 10.2 Å². The summed E-state index contributed by atoms with van der Waals surface area (Å²) in [5, 5.41) is 3.36. The van der Waals surface area contributed by atoms with Gasteiger partial charge in [-0.05, 0) is 51.3 Å². The summed E-state index contributed by atoms with van der Waals surface area (Å²) in [6.45, 7) is 1.51. The predicted molar refractivity (Wildman–Crippen MR) is 85.4 cm³/mol. The van der Waals surface area contributed by atoms with Crippen molar-refractivity contribution >= 4 is 21.6 Å². The standard InChI is InChI=1S/C16H18BrFN2/c1-20(2)14-6-3-12(4-7-14)10-19-11-13-5-8-16(18)15(17)9-13/h3-9,19H,10-11H2,1-2H3. The minimum Gasteiger partial charge on any atom is -0.378 e. The fraction of sp³-hybridized carbons (Fsp3) is 0.250. The maximum Gasteiger partial charge on any atom is 0.137 e. The van der Waals surface area contributed by atoms with Crippen molar-refractivity contribution in [3.05, 3.63) is 63.9 Å². The SMILES string of the molecule is CN(C)c1ccc(CNCc2ccc(F)c(Br)c2)cc1. The van der Waals surface area contributed by atoms with Gasteiger partial charge in [0, 0.05) is 32.9 Å². The van der Waals surface area contributed by atoms with Crippen LogP contribution in [0, 0.1) is 5.82 Å². The third-order valence-corrected chi connectivity index (χ3v) is 3.70. The highest BCUT2D eigenvalue weighted by Crippen LogP contribution is 2.17. The normalized spacial score (nSPS) is 10.6. The minimum absolute atomic E-state index is 0.229. The molecule has 0 aliphatic carbocycles. The minimum atomic E-state index is -0.229. The Bertz CT molecular complexity index is 567. The largest absolute Gasteiger partial charge is 0.378 e. The fourth-order valence-electron chi connectivity index (χ4n) is 1.91. The van der Waals surface area contributed by atoms with Crippen LogP contribution in [0.4, 0.5) is 10.1 Å². The van der Waals surface area contributed by atoms with E-state index in [1.807, 2.05) is 14.1 Å². The second kappa shape index (κ2) is 6.86. The molecule has 106 valence electrons. The predicted octanol–water partition coefficient (Wildman–Crippen LogP) is 3.94. The molecule has 2 rings (SSSR count). The molecular formula is C16H18BrFN2. The highest BCUT2D eigenvalue weighted by molar-refractivity contribution is 9.10. The summed E-state index contributed by atoms with van der Waals surface area (Å²) in [6, 6.07) is 13.5. The Kier molecular flexibility index (Phi) is 5.15. The van der Waals surface area contributed by atoms with Crippen molar-refractivity contribution in [1.82, 2.24) is 5.32 Å². The molecule has 0 aliphatic rings. The van der Waals surface area contributed by atoms with Gasteiger partial charge in [0.15, 0.2) is 0 Å². The smallest absolute Gasteiger partial charge is 0.137 e. The van der Waals surface area contributed by atoms with E-state index in [0.717, 1.165) is 12.1 Å². The quantitative estimate of drug-likeness (QED) is 0.889. The molecule has 0 saturated heterocycles. The van der Waals surface area contributed by atoms with E-state index >= 15 is 0 Å². The first-order valence-electron chi connectivity index (χ1n) is 6.47. The maximum absolute atomic E-state index is 13.1. The number of hydrogen-bond acceptors (Lipinski definition) is 2. The van der Waals surface area contributed by atoms with Crippen LogP contribution in [0.3, 0.4) is 0 Å². The molecule has 0 saturated carbocycles. The van der Waals surface area contributed by atoms with E-state index in [1.54, 1.807) is 12.1 Å². The summed E-state index contributed by atoms with van der Waals surface area (Å²) in [5.74, 6) is -0.229. The Morgan fingerprint density at radius 3 is 2.20 bits per heavy atom. The van der Waals surface area contributed by atoms with Gasteiger partial charge in [0.25, 0.3) is 0 Å². The van der Waals surface area contributed by atoms with Crippen LogP contribution >= 0.6 is 15.9 Å². The molecule has 2 aromatic rings. The zero-order valence-electron chi connectivity index (χ0n) is 11.7. The van der Waals surface area contributed by atoms with Gasteiger partial charge in [-0.3, -0.25) is 0 Å². The molecule has 2 nitrogen and oxygen atoms in total. The monoisotopic (exact) mass is 336 g/mol. The molecule has 4 heteroatoms. The van der Waals surface area contributed by atoms with E-state index in [9.17, 15) is 4.39 Å². The number of rotatable bonds is 5. The molecule has 0 atom stereocenters. The van der Waals surface area contributed by atoms with E-state index in [2.05, 4.69) is 50.4 Å². The topological polar surface area (TPSA) is 15.3 Å². The lowest BCUT2D eigenvalue weighted by molar-refractivity contribution is 0.618. The molecule has 0 aliphatic heterocycles. The molecule has 0 fully saturated rings. The first-order chi connectivity index (χ1) is 9.56. The van der Waals surface area contributed by atoms with Crippen LogP contribution in [0.1, 0.15) is 11.1 Å². The van der Waals surface area contributed by atoms with E-state index in [-0.39, 0.29) is 5.82 Å². The molecule has 0 unspecified atom stereocenters. The van der Waals surface area contributed by atoms with Crippen LogP contribution < -0.4 is 10.2 Å². The lowest BCUT2D eigenvalue weighted by Gasteiger charge is -2.13. The highest BCUT2D eigenvalue weighted by Gasteiger charge is 2.01. The number of anilines is 1. The van der Waals surface area contributed by atoms with Crippen LogP contribution in [0.15, 0.2) is 46.9 Å². The Morgan fingerprint density at radius 1 is 1.00 bits per heavy atom.